The fourth-order valence-electron chi connectivity index (χ4n) is 2.02. The molecular weight excluding hydrogens is 176 g/mol. The highest BCUT2D eigenvalue weighted by Crippen LogP contribution is 2.19. The van der Waals surface area contributed by atoms with Gasteiger partial charge in [-0.3, -0.25) is 0 Å². The Hall–Kier alpha value is -0.0800. The molecule has 0 amide bonds. The molecule has 1 saturated heterocycles. The molecule has 1 aliphatic rings. The molecule has 2 unspecified atom stereocenters. The molecule has 84 valence electrons. The summed E-state index contributed by atoms with van der Waals surface area (Å²) in [7, 11) is 0. The molecule has 0 aromatic rings. The summed E-state index contributed by atoms with van der Waals surface area (Å²) in [5.74, 6) is 0. The minimum atomic E-state index is -0.0919. The lowest BCUT2D eigenvalue weighted by molar-refractivity contribution is 0.0782. The highest BCUT2D eigenvalue weighted by atomic mass is 16.5. The van der Waals surface area contributed by atoms with E-state index in [2.05, 4.69) is 6.92 Å². The summed E-state index contributed by atoms with van der Waals surface area (Å²) in [6.07, 6.45) is 9.35. The highest BCUT2D eigenvalue weighted by molar-refractivity contribution is 4.67. The van der Waals surface area contributed by atoms with Gasteiger partial charge in [-0.05, 0) is 32.1 Å². The Labute approximate surface area is 87.7 Å². The van der Waals surface area contributed by atoms with Gasteiger partial charge in [-0.25, -0.2) is 0 Å². The summed E-state index contributed by atoms with van der Waals surface area (Å²) in [4.78, 5) is 0. The summed E-state index contributed by atoms with van der Waals surface area (Å²) in [6, 6.07) is 0. The van der Waals surface area contributed by atoms with Gasteiger partial charge in [0, 0.05) is 6.61 Å². The van der Waals surface area contributed by atoms with Crippen LogP contribution in [0.25, 0.3) is 0 Å². The minimum Gasteiger partial charge on any atom is -0.393 e. The molecule has 0 saturated carbocycles. The second-order valence-electron chi connectivity index (χ2n) is 4.36. The molecule has 1 rings (SSSR count). The topological polar surface area (TPSA) is 29.5 Å². The molecule has 0 spiro atoms. The van der Waals surface area contributed by atoms with Gasteiger partial charge in [0.05, 0.1) is 12.2 Å². The average Bonchev–Trinajstić information content (AvgIpc) is 2.68. The summed E-state index contributed by atoms with van der Waals surface area (Å²) >= 11 is 0. The van der Waals surface area contributed by atoms with Crippen molar-refractivity contribution in [3.63, 3.8) is 0 Å². The van der Waals surface area contributed by atoms with Crippen molar-refractivity contribution in [3.8, 4) is 0 Å². The molecule has 0 aromatic heterocycles. The third-order valence-corrected chi connectivity index (χ3v) is 2.99. The van der Waals surface area contributed by atoms with E-state index in [-0.39, 0.29) is 6.10 Å². The van der Waals surface area contributed by atoms with E-state index in [4.69, 9.17) is 4.74 Å². The predicted molar refractivity (Wildman–Crippen MR) is 58.4 cm³/mol. The predicted octanol–water partition coefficient (Wildman–Crippen LogP) is 2.89. The van der Waals surface area contributed by atoms with Gasteiger partial charge in [-0.2, -0.15) is 0 Å². The Kier molecular flexibility index (Phi) is 6.20. The SMILES string of the molecule is CCCCCC(O)CCC1CCCO1. The molecule has 1 aliphatic heterocycles. The van der Waals surface area contributed by atoms with Crippen LogP contribution >= 0.6 is 0 Å². The molecular formula is C12H24O2. The number of aliphatic hydroxyl groups is 1. The first-order valence-electron chi connectivity index (χ1n) is 6.12. The van der Waals surface area contributed by atoms with E-state index in [1.807, 2.05) is 0 Å². The Balaban J connectivity index is 1.93. The maximum atomic E-state index is 9.68. The normalized spacial score (nSPS) is 24.0. The number of unbranched alkanes of at least 4 members (excludes halogenated alkanes) is 2. The van der Waals surface area contributed by atoms with Crippen molar-refractivity contribution in [2.45, 2.75) is 70.5 Å². The molecule has 2 atom stereocenters. The fourth-order valence-corrected chi connectivity index (χ4v) is 2.02. The largest absolute Gasteiger partial charge is 0.393 e. The van der Waals surface area contributed by atoms with Crippen molar-refractivity contribution in [3.05, 3.63) is 0 Å². The van der Waals surface area contributed by atoms with Gasteiger partial charge in [-0.1, -0.05) is 26.2 Å². The first-order chi connectivity index (χ1) is 6.83. The van der Waals surface area contributed by atoms with Gasteiger partial charge in [0.2, 0.25) is 0 Å². The van der Waals surface area contributed by atoms with Gasteiger partial charge in [-0.15, -0.1) is 0 Å². The highest BCUT2D eigenvalue weighted by Gasteiger charge is 2.16. The third-order valence-electron chi connectivity index (χ3n) is 2.99. The van der Waals surface area contributed by atoms with Crippen LogP contribution in [0.15, 0.2) is 0 Å². The van der Waals surface area contributed by atoms with Crippen LogP contribution < -0.4 is 0 Å². The van der Waals surface area contributed by atoms with Crippen LogP contribution in [0.4, 0.5) is 0 Å². The molecule has 0 aromatic carbocycles. The molecule has 1 fully saturated rings. The van der Waals surface area contributed by atoms with Crippen LogP contribution in [0.3, 0.4) is 0 Å². The lowest BCUT2D eigenvalue weighted by atomic mass is 10.0. The number of hydrogen-bond donors (Lipinski definition) is 1. The summed E-state index contributed by atoms with van der Waals surface area (Å²) in [6.45, 7) is 3.12. The van der Waals surface area contributed by atoms with E-state index in [0.29, 0.717) is 6.10 Å². The number of aliphatic hydroxyl groups excluding tert-OH is 1. The monoisotopic (exact) mass is 200 g/mol. The zero-order valence-corrected chi connectivity index (χ0v) is 9.37. The van der Waals surface area contributed by atoms with Crippen molar-refractivity contribution in [2.75, 3.05) is 6.61 Å². The first kappa shape index (κ1) is 12.0. The molecule has 2 nitrogen and oxygen atoms in total. The van der Waals surface area contributed by atoms with Gasteiger partial charge < -0.3 is 9.84 Å². The Morgan fingerprint density at radius 2 is 2.21 bits per heavy atom. The van der Waals surface area contributed by atoms with Crippen molar-refractivity contribution < 1.29 is 9.84 Å². The Bertz CT molecular complexity index is 130. The van der Waals surface area contributed by atoms with Crippen molar-refractivity contribution in [1.82, 2.24) is 0 Å². The average molecular weight is 200 g/mol. The molecule has 1 N–H and O–H groups in total. The zero-order valence-electron chi connectivity index (χ0n) is 9.37. The van der Waals surface area contributed by atoms with E-state index in [0.717, 1.165) is 25.9 Å². The van der Waals surface area contributed by atoms with Crippen LogP contribution in [0, 0.1) is 0 Å². The Morgan fingerprint density at radius 1 is 1.36 bits per heavy atom. The smallest absolute Gasteiger partial charge is 0.0577 e. The lowest BCUT2D eigenvalue weighted by Crippen LogP contribution is -2.12. The zero-order chi connectivity index (χ0) is 10.2. The van der Waals surface area contributed by atoms with E-state index >= 15 is 0 Å². The third kappa shape index (κ3) is 4.97. The minimum absolute atomic E-state index is 0.0919. The van der Waals surface area contributed by atoms with Crippen LogP contribution in [0.2, 0.25) is 0 Å². The maximum absolute atomic E-state index is 9.68. The summed E-state index contributed by atoms with van der Waals surface area (Å²) < 4.78 is 5.52. The molecule has 2 heteroatoms. The van der Waals surface area contributed by atoms with Gasteiger partial charge in [0.25, 0.3) is 0 Å². The Morgan fingerprint density at radius 3 is 2.86 bits per heavy atom. The quantitative estimate of drug-likeness (QED) is 0.640. The van der Waals surface area contributed by atoms with Crippen molar-refractivity contribution in [2.24, 2.45) is 0 Å². The molecule has 0 bridgehead atoms. The van der Waals surface area contributed by atoms with E-state index < -0.39 is 0 Å². The van der Waals surface area contributed by atoms with E-state index in [1.54, 1.807) is 0 Å². The number of rotatable bonds is 7. The van der Waals surface area contributed by atoms with Crippen molar-refractivity contribution in [1.29, 1.82) is 0 Å². The standard InChI is InChI=1S/C12H24O2/c1-2-3-4-6-11(13)8-9-12-7-5-10-14-12/h11-13H,2-10H2,1H3. The molecule has 0 aliphatic carbocycles. The molecule has 14 heavy (non-hydrogen) atoms. The van der Waals surface area contributed by atoms with Crippen LogP contribution in [-0.2, 0) is 4.74 Å². The van der Waals surface area contributed by atoms with Crippen molar-refractivity contribution >= 4 is 0 Å². The van der Waals surface area contributed by atoms with E-state index in [9.17, 15) is 5.11 Å². The molecule has 1 heterocycles. The van der Waals surface area contributed by atoms with Gasteiger partial charge in [0.1, 0.15) is 0 Å². The van der Waals surface area contributed by atoms with E-state index in [1.165, 1.54) is 32.1 Å². The number of ether oxygens (including phenoxy) is 1. The van der Waals surface area contributed by atoms with Crippen LogP contribution in [-0.4, -0.2) is 23.9 Å². The van der Waals surface area contributed by atoms with Crippen LogP contribution in [0.5, 0.6) is 0 Å². The second kappa shape index (κ2) is 7.24. The molecule has 0 radical (unpaired) electrons. The second-order valence-corrected chi connectivity index (χ2v) is 4.36. The summed E-state index contributed by atoms with van der Waals surface area (Å²) in [5.41, 5.74) is 0. The van der Waals surface area contributed by atoms with Gasteiger partial charge >= 0.3 is 0 Å². The fraction of sp³-hybridized carbons (Fsp3) is 1.00. The number of hydrogen-bond acceptors (Lipinski definition) is 2. The summed E-state index contributed by atoms with van der Waals surface area (Å²) in [5, 5.41) is 9.68. The maximum Gasteiger partial charge on any atom is 0.0577 e. The lowest BCUT2D eigenvalue weighted by Gasteiger charge is -2.13. The van der Waals surface area contributed by atoms with Crippen LogP contribution in [0.1, 0.15) is 58.3 Å². The first-order valence-corrected chi connectivity index (χ1v) is 6.12. The van der Waals surface area contributed by atoms with Gasteiger partial charge in [0.15, 0.2) is 0 Å².